The summed E-state index contributed by atoms with van der Waals surface area (Å²) >= 11 is 0. The Hall–Kier alpha value is -1.78. The SMILES string of the molecule is CCCC(C)c1ccc2[nH]c(=O)cc(C(F)(F)F)c2c1. The van der Waals surface area contributed by atoms with E-state index >= 15 is 0 Å². The minimum absolute atomic E-state index is 0.0533. The Morgan fingerprint density at radius 1 is 1.25 bits per heavy atom. The fourth-order valence-corrected chi connectivity index (χ4v) is 2.41. The first-order valence-electron chi connectivity index (χ1n) is 6.57. The first-order valence-corrected chi connectivity index (χ1v) is 6.57. The molecule has 2 nitrogen and oxygen atoms in total. The molecule has 5 heteroatoms. The highest BCUT2D eigenvalue weighted by molar-refractivity contribution is 5.83. The van der Waals surface area contributed by atoms with E-state index < -0.39 is 17.3 Å². The van der Waals surface area contributed by atoms with Crippen molar-refractivity contribution in [1.29, 1.82) is 0 Å². The van der Waals surface area contributed by atoms with Gasteiger partial charge in [-0.1, -0.05) is 26.3 Å². The van der Waals surface area contributed by atoms with E-state index in [0.717, 1.165) is 18.4 Å². The molecule has 1 N–H and O–H groups in total. The molecular weight excluding hydrogens is 267 g/mol. The number of fused-ring (bicyclic) bond motifs is 1. The van der Waals surface area contributed by atoms with Gasteiger partial charge in [0.15, 0.2) is 0 Å². The lowest BCUT2D eigenvalue weighted by Gasteiger charge is -2.14. The van der Waals surface area contributed by atoms with Crippen LogP contribution in [-0.4, -0.2) is 4.98 Å². The van der Waals surface area contributed by atoms with E-state index in [1.54, 1.807) is 12.1 Å². The van der Waals surface area contributed by atoms with Crippen LogP contribution in [0.5, 0.6) is 0 Å². The van der Waals surface area contributed by atoms with E-state index in [4.69, 9.17) is 0 Å². The number of alkyl halides is 3. The Balaban J connectivity index is 2.66. The van der Waals surface area contributed by atoms with E-state index in [0.29, 0.717) is 6.07 Å². The maximum Gasteiger partial charge on any atom is 0.417 e. The van der Waals surface area contributed by atoms with Gasteiger partial charge in [-0.3, -0.25) is 4.79 Å². The molecule has 0 amide bonds. The van der Waals surface area contributed by atoms with E-state index in [1.807, 2.05) is 13.8 Å². The lowest BCUT2D eigenvalue weighted by atomic mass is 9.94. The minimum atomic E-state index is -4.53. The van der Waals surface area contributed by atoms with Gasteiger partial charge in [0, 0.05) is 17.0 Å². The van der Waals surface area contributed by atoms with Crippen LogP contribution in [0.2, 0.25) is 0 Å². The third kappa shape index (κ3) is 2.86. The van der Waals surface area contributed by atoms with Crippen LogP contribution < -0.4 is 5.56 Å². The molecule has 20 heavy (non-hydrogen) atoms. The highest BCUT2D eigenvalue weighted by Gasteiger charge is 2.33. The zero-order valence-corrected chi connectivity index (χ0v) is 11.3. The van der Waals surface area contributed by atoms with Crippen molar-refractivity contribution in [3.8, 4) is 0 Å². The maximum atomic E-state index is 13.0. The van der Waals surface area contributed by atoms with Crippen LogP contribution in [0.1, 0.15) is 43.7 Å². The average Bonchev–Trinajstić information content (AvgIpc) is 2.36. The number of rotatable bonds is 3. The number of hydrogen-bond donors (Lipinski definition) is 1. The molecule has 1 heterocycles. The Morgan fingerprint density at radius 2 is 1.95 bits per heavy atom. The van der Waals surface area contributed by atoms with Crippen molar-refractivity contribution in [1.82, 2.24) is 4.98 Å². The number of aromatic nitrogens is 1. The molecule has 0 aliphatic rings. The molecule has 2 aromatic rings. The summed E-state index contributed by atoms with van der Waals surface area (Å²) in [5, 5.41) is 0.0533. The third-order valence-electron chi connectivity index (χ3n) is 3.46. The summed E-state index contributed by atoms with van der Waals surface area (Å²) in [6.07, 6.45) is -2.65. The third-order valence-corrected chi connectivity index (χ3v) is 3.46. The molecule has 0 radical (unpaired) electrons. The predicted octanol–water partition coefficient (Wildman–Crippen LogP) is 4.45. The first-order chi connectivity index (χ1) is 9.32. The molecule has 0 saturated heterocycles. The van der Waals surface area contributed by atoms with Crippen molar-refractivity contribution in [3.05, 3.63) is 45.7 Å². The average molecular weight is 283 g/mol. The Morgan fingerprint density at radius 3 is 2.55 bits per heavy atom. The van der Waals surface area contributed by atoms with Gasteiger partial charge < -0.3 is 4.98 Å². The summed E-state index contributed by atoms with van der Waals surface area (Å²) in [5.41, 5.74) is -0.532. The van der Waals surface area contributed by atoms with Crippen molar-refractivity contribution in [3.63, 3.8) is 0 Å². The molecule has 0 saturated carbocycles. The summed E-state index contributed by atoms with van der Waals surface area (Å²) in [5.74, 6) is 0.192. The van der Waals surface area contributed by atoms with Crippen LogP contribution in [-0.2, 0) is 6.18 Å². The zero-order chi connectivity index (χ0) is 14.9. The van der Waals surface area contributed by atoms with Crippen molar-refractivity contribution >= 4 is 10.9 Å². The van der Waals surface area contributed by atoms with E-state index in [9.17, 15) is 18.0 Å². The molecular formula is C15H16F3NO. The molecule has 0 aliphatic carbocycles. The van der Waals surface area contributed by atoms with Crippen LogP contribution in [0.3, 0.4) is 0 Å². The second-order valence-corrected chi connectivity index (χ2v) is 5.04. The Kier molecular flexibility index (Phi) is 3.88. The molecule has 0 spiro atoms. The Labute approximate surface area is 114 Å². The number of benzene rings is 1. The van der Waals surface area contributed by atoms with Crippen molar-refractivity contribution in [2.45, 2.75) is 38.8 Å². The van der Waals surface area contributed by atoms with Gasteiger partial charge in [0.25, 0.3) is 0 Å². The molecule has 0 fully saturated rings. The van der Waals surface area contributed by atoms with E-state index in [2.05, 4.69) is 4.98 Å². The fraction of sp³-hybridized carbons (Fsp3) is 0.400. The summed E-state index contributed by atoms with van der Waals surface area (Å²) in [4.78, 5) is 13.8. The highest BCUT2D eigenvalue weighted by atomic mass is 19.4. The second kappa shape index (κ2) is 5.31. The van der Waals surface area contributed by atoms with Crippen LogP contribution in [0.15, 0.2) is 29.1 Å². The van der Waals surface area contributed by atoms with Crippen LogP contribution in [0.25, 0.3) is 10.9 Å². The van der Waals surface area contributed by atoms with Crippen LogP contribution >= 0.6 is 0 Å². The first kappa shape index (κ1) is 14.6. The number of aromatic amines is 1. The van der Waals surface area contributed by atoms with E-state index in [-0.39, 0.29) is 16.8 Å². The summed E-state index contributed by atoms with van der Waals surface area (Å²) in [7, 11) is 0. The molecule has 1 aromatic carbocycles. The van der Waals surface area contributed by atoms with Gasteiger partial charge >= 0.3 is 6.18 Å². The smallest absolute Gasteiger partial charge is 0.322 e. The van der Waals surface area contributed by atoms with Gasteiger partial charge in [-0.25, -0.2) is 0 Å². The van der Waals surface area contributed by atoms with Gasteiger partial charge in [0.05, 0.1) is 5.56 Å². The van der Waals surface area contributed by atoms with Crippen molar-refractivity contribution < 1.29 is 13.2 Å². The summed E-state index contributed by atoms with van der Waals surface area (Å²) in [6, 6.07) is 5.48. The standard InChI is InChI=1S/C15H16F3NO/c1-3-4-9(2)10-5-6-13-11(7-10)12(15(16,17)18)8-14(20)19-13/h5-9H,3-4H2,1-2H3,(H,19,20). The largest absolute Gasteiger partial charge is 0.417 e. The van der Waals surface area contributed by atoms with Crippen LogP contribution in [0, 0.1) is 0 Å². The minimum Gasteiger partial charge on any atom is -0.322 e. The molecule has 108 valence electrons. The molecule has 2 rings (SSSR count). The number of halogens is 3. The lowest BCUT2D eigenvalue weighted by Crippen LogP contribution is -2.14. The van der Waals surface area contributed by atoms with Gasteiger partial charge in [0.2, 0.25) is 5.56 Å². The number of pyridine rings is 1. The van der Waals surface area contributed by atoms with Crippen molar-refractivity contribution in [2.24, 2.45) is 0 Å². The van der Waals surface area contributed by atoms with E-state index in [1.165, 1.54) is 6.07 Å². The normalized spacial score (nSPS) is 13.7. The number of nitrogens with one attached hydrogen (secondary N) is 1. The molecule has 1 atom stereocenters. The van der Waals surface area contributed by atoms with Gasteiger partial charge in [0.1, 0.15) is 0 Å². The predicted molar refractivity (Wildman–Crippen MR) is 72.9 cm³/mol. The Bertz CT molecular complexity index is 673. The fourth-order valence-electron chi connectivity index (χ4n) is 2.41. The zero-order valence-electron chi connectivity index (χ0n) is 11.3. The van der Waals surface area contributed by atoms with Crippen molar-refractivity contribution in [2.75, 3.05) is 0 Å². The molecule has 0 aliphatic heterocycles. The highest BCUT2D eigenvalue weighted by Crippen LogP contribution is 2.34. The second-order valence-electron chi connectivity index (χ2n) is 5.04. The molecule has 0 bridgehead atoms. The van der Waals surface area contributed by atoms with Gasteiger partial charge in [-0.2, -0.15) is 13.2 Å². The van der Waals surface area contributed by atoms with Gasteiger partial charge in [-0.05, 0) is 30.0 Å². The number of H-pyrrole nitrogens is 1. The van der Waals surface area contributed by atoms with Crippen LogP contribution in [0.4, 0.5) is 13.2 Å². The maximum absolute atomic E-state index is 13.0. The monoisotopic (exact) mass is 283 g/mol. The lowest BCUT2D eigenvalue weighted by molar-refractivity contribution is -0.136. The quantitative estimate of drug-likeness (QED) is 0.886. The summed E-state index contributed by atoms with van der Waals surface area (Å²) < 4.78 is 39.1. The summed E-state index contributed by atoms with van der Waals surface area (Å²) in [6.45, 7) is 4.03. The molecule has 1 aromatic heterocycles. The number of hydrogen-bond acceptors (Lipinski definition) is 1. The van der Waals surface area contributed by atoms with Gasteiger partial charge in [-0.15, -0.1) is 0 Å². The molecule has 1 unspecified atom stereocenters. The topological polar surface area (TPSA) is 32.9 Å².